The largest absolute Gasteiger partial charge is 0.508 e. The van der Waals surface area contributed by atoms with E-state index in [9.17, 15) is 15.2 Å². The van der Waals surface area contributed by atoms with Crippen molar-refractivity contribution in [2.45, 2.75) is 25.9 Å². The minimum absolute atomic E-state index is 0.0226. The van der Waals surface area contributed by atoms with Crippen LogP contribution in [-0.2, 0) is 0 Å². The van der Waals surface area contributed by atoms with Crippen LogP contribution in [0.1, 0.15) is 34.7 Å². The lowest BCUT2D eigenvalue weighted by molar-refractivity contribution is -0.384. The number of benzene rings is 2. The number of nitrogens with one attached hydrogen (secondary N) is 1. The second-order valence-corrected chi connectivity index (χ2v) is 9.17. The molecule has 0 bridgehead atoms. The number of rotatable bonds is 6. The van der Waals surface area contributed by atoms with Crippen LogP contribution < -0.4 is 15.0 Å². The summed E-state index contributed by atoms with van der Waals surface area (Å²) in [7, 11) is 1.54. The Hall–Kier alpha value is -4.44. The van der Waals surface area contributed by atoms with Crippen LogP contribution in [0, 0.1) is 24.0 Å². The van der Waals surface area contributed by atoms with Gasteiger partial charge in [0, 0.05) is 35.4 Å². The lowest BCUT2D eigenvalue weighted by atomic mass is 9.96. The molecule has 2 aromatic heterocycles. The minimum atomic E-state index is -0.416. The summed E-state index contributed by atoms with van der Waals surface area (Å²) in [6.45, 7) is 3.93. The molecule has 0 unspecified atom stereocenters. The number of pyridine rings is 1. The number of thiocarbonyl (C=S) groups is 1. The monoisotopic (exact) mass is 515 g/mol. The minimum Gasteiger partial charge on any atom is -0.508 e. The van der Waals surface area contributed by atoms with E-state index in [-0.39, 0.29) is 23.5 Å². The van der Waals surface area contributed by atoms with Crippen molar-refractivity contribution < 1.29 is 14.8 Å². The molecule has 2 atom stereocenters. The summed E-state index contributed by atoms with van der Waals surface area (Å²) in [5.74, 6) is 0.686. The predicted molar refractivity (Wildman–Crippen MR) is 144 cm³/mol. The van der Waals surface area contributed by atoms with Crippen LogP contribution in [0.2, 0.25) is 0 Å². The molecule has 0 aliphatic carbocycles. The van der Waals surface area contributed by atoms with Crippen molar-refractivity contribution in [1.29, 1.82) is 0 Å². The van der Waals surface area contributed by atoms with Gasteiger partial charge < -0.3 is 24.6 Å². The Morgan fingerprint density at radius 3 is 2.51 bits per heavy atom. The highest BCUT2D eigenvalue weighted by Crippen LogP contribution is 2.44. The third-order valence-corrected chi connectivity index (χ3v) is 6.94. The SMILES string of the molecule is COc1ccc([N+](=O)[O-])cc1-n1c(C)cc([C@H]2[C@@H](c3ccccn3)NC(=S)N2c2ccc(O)cc2)c1C. The van der Waals surface area contributed by atoms with Crippen LogP contribution in [-0.4, -0.2) is 31.8 Å². The summed E-state index contributed by atoms with van der Waals surface area (Å²) in [4.78, 5) is 17.7. The molecule has 1 saturated heterocycles. The first kappa shape index (κ1) is 24.3. The standard InChI is InChI=1S/C27H25N5O4S/c1-16-14-21(17(2)30(16)23-15-19(32(34)35)9-12-24(23)36-3)26-25(22-6-4-5-13-28-22)29-27(37)31(26)18-7-10-20(33)11-8-18/h4-15,25-26,33H,1-3H3,(H,29,37)/t25-,26+/m1/s1. The summed E-state index contributed by atoms with van der Waals surface area (Å²) in [5, 5.41) is 25.4. The average Bonchev–Trinajstić information content (AvgIpc) is 3.39. The molecule has 2 N–H and O–H groups in total. The van der Waals surface area contributed by atoms with Crippen LogP contribution in [0.15, 0.2) is 72.9 Å². The number of nitro groups is 1. The molecular weight excluding hydrogens is 490 g/mol. The van der Waals surface area contributed by atoms with Crippen molar-refractivity contribution in [2.75, 3.05) is 12.0 Å². The molecule has 3 heterocycles. The summed E-state index contributed by atoms with van der Waals surface area (Å²) in [6, 6.07) is 18.7. The van der Waals surface area contributed by atoms with Crippen molar-refractivity contribution in [3.8, 4) is 17.2 Å². The van der Waals surface area contributed by atoms with Gasteiger partial charge in [-0.1, -0.05) is 6.07 Å². The molecule has 1 aliphatic rings. The Balaban J connectivity index is 1.70. The van der Waals surface area contributed by atoms with Crippen molar-refractivity contribution in [1.82, 2.24) is 14.9 Å². The van der Waals surface area contributed by atoms with Crippen LogP contribution in [0.4, 0.5) is 11.4 Å². The van der Waals surface area contributed by atoms with Crippen molar-refractivity contribution in [3.63, 3.8) is 0 Å². The first-order valence-electron chi connectivity index (χ1n) is 11.6. The number of aryl methyl sites for hydroxylation is 1. The first-order valence-corrected chi connectivity index (χ1v) is 12.0. The van der Waals surface area contributed by atoms with Gasteiger partial charge in [-0.05, 0) is 80.2 Å². The van der Waals surface area contributed by atoms with E-state index in [1.54, 1.807) is 31.5 Å². The van der Waals surface area contributed by atoms with Crippen molar-refractivity contribution in [3.05, 3.63) is 106 Å². The molecule has 5 rings (SSSR count). The van der Waals surface area contributed by atoms with Gasteiger partial charge in [0.2, 0.25) is 0 Å². The summed E-state index contributed by atoms with van der Waals surface area (Å²) >= 11 is 5.79. The van der Waals surface area contributed by atoms with Gasteiger partial charge in [0.05, 0.1) is 35.5 Å². The molecule has 37 heavy (non-hydrogen) atoms. The van der Waals surface area contributed by atoms with E-state index < -0.39 is 4.92 Å². The fourth-order valence-electron chi connectivity index (χ4n) is 4.99. The highest BCUT2D eigenvalue weighted by Gasteiger charge is 2.42. The lowest BCUT2D eigenvalue weighted by Gasteiger charge is -2.28. The van der Waals surface area contributed by atoms with Gasteiger partial charge in [-0.2, -0.15) is 0 Å². The normalized spacial score (nSPS) is 17.1. The Bertz CT molecular complexity index is 1490. The third kappa shape index (κ3) is 4.25. The topological polar surface area (TPSA) is 106 Å². The molecule has 188 valence electrons. The van der Waals surface area contributed by atoms with E-state index in [2.05, 4.69) is 16.4 Å². The zero-order valence-corrected chi connectivity index (χ0v) is 21.3. The number of aromatic hydroxyl groups is 1. The number of non-ortho nitro benzene ring substituents is 1. The summed E-state index contributed by atoms with van der Waals surface area (Å²) in [5.41, 5.74) is 4.95. The molecule has 0 saturated carbocycles. The Morgan fingerprint density at radius 2 is 1.86 bits per heavy atom. The van der Waals surface area contributed by atoms with E-state index in [1.165, 1.54) is 12.1 Å². The zero-order chi connectivity index (χ0) is 26.3. The number of anilines is 1. The number of phenolic OH excluding ortho intramolecular Hbond substituents is 1. The number of hydrogen-bond donors (Lipinski definition) is 2. The van der Waals surface area contributed by atoms with E-state index in [0.717, 1.165) is 28.3 Å². The van der Waals surface area contributed by atoms with Gasteiger partial charge in [-0.3, -0.25) is 15.1 Å². The third-order valence-electron chi connectivity index (χ3n) is 6.63. The zero-order valence-electron chi connectivity index (χ0n) is 20.5. The predicted octanol–water partition coefficient (Wildman–Crippen LogP) is 5.29. The first-order chi connectivity index (χ1) is 17.8. The highest BCUT2D eigenvalue weighted by molar-refractivity contribution is 7.80. The second-order valence-electron chi connectivity index (χ2n) is 8.79. The number of nitro benzene ring substituents is 1. The molecule has 10 heteroatoms. The molecule has 0 radical (unpaired) electrons. The summed E-state index contributed by atoms with van der Waals surface area (Å²) < 4.78 is 7.53. The van der Waals surface area contributed by atoms with E-state index in [0.29, 0.717) is 16.5 Å². The molecule has 1 fully saturated rings. The van der Waals surface area contributed by atoms with Crippen LogP contribution in [0.5, 0.6) is 11.5 Å². The molecule has 9 nitrogen and oxygen atoms in total. The van der Waals surface area contributed by atoms with Crippen LogP contribution in [0.25, 0.3) is 5.69 Å². The van der Waals surface area contributed by atoms with Crippen molar-refractivity contribution in [2.24, 2.45) is 0 Å². The molecule has 2 aromatic carbocycles. The van der Waals surface area contributed by atoms with Gasteiger partial charge in [-0.15, -0.1) is 0 Å². The summed E-state index contributed by atoms with van der Waals surface area (Å²) in [6.07, 6.45) is 1.75. The number of phenols is 1. The van der Waals surface area contributed by atoms with Crippen molar-refractivity contribution >= 4 is 28.7 Å². The molecule has 0 amide bonds. The van der Waals surface area contributed by atoms with Gasteiger partial charge in [0.25, 0.3) is 5.69 Å². The maximum absolute atomic E-state index is 11.5. The fraction of sp³-hybridized carbons (Fsp3) is 0.185. The van der Waals surface area contributed by atoms with Crippen LogP contribution in [0.3, 0.4) is 0 Å². The number of aromatic nitrogens is 2. The Kier molecular flexibility index (Phi) is 6.26. The highest BCUT2D eigenvalue weighted by atomic mass is 32.1. The van der Waals surface area contributed by atoms with Gasteiger partial charge in [-0.25, -0.2) is 0 Å². The van der Waals surface area contributed by atoms with Crippen LogP contribution >= 0.6 is 12.2 Å². The quantitative estimate of drug-likeness (QED) is 0.203. The van der Waals surface area contributed by atoms with E-state index >= 15 is 0 Å². The molecular formula is C27H25N5O4S. The van der Waals surface area contributed by atoms with E-state index in [4.69, 9.17) is 17.0 Å². The number of methoxy groups -OCH3 is 1. The Labute approximate surface area is 219 Å². The van der Waals surface area contributed by atoms with Gasteiger partial charge in [0.15, 0.2) is 5.11 Å². The van der Waals surface area contributed by atoms with Gasteiger partial charge >= 0.3 is 0 Å². The lowest BCUT2D eigenvalue weighted by Crippen LogP contribution is -2.29. The maximum Gasteiger partial charge on any atom is 0.271 e. The molecule has 4 aromatic rings. The second kappa shape index (κ2) is 9.55. The smallest absolute Gasteiger partial charge is 0.271 e. The fourth-order valence-corrected chi connectivity index (χ4v) is 5.33. The van der Waals surface area contributed by atoms with Gasteiger partial charge in [0.1, 0.15) is 11.5 Å². The number of nitrogens with zero attached hydrogens (tertiary/aromatic N) is 4. The van der Waals surface area contributed by atoms with E-state index in [1.807, 2.05) is 53.6 Å². The molecule has 0 spiro atoms. The number of hydrogen-bond acceptors (Lipinski definition) is 6. The Morgan fingerprint density at radius 1 is 1.11 bits per heavy atom. The maximum atomic E-state index is 11.5. The molecule has 1 aliphatic heterocycles. The average molecular weight is 516 g/mol. The number of ether oxygens (including phenoxy) is 1.